The second-order valence-corrected chi connectivity index (χ2v) is 8.19. The smallest absolute Gasteiger partial charge is 0.290 e. The molecule has 1 aromatic carbocycles. The van der Waals surface area contributed by atoms with Crippen LogP contribution in [0.5, 0.6) is 0 Å². The number of rotatable bonds is 4. The average Bonchev–Trinajstić information content (AvgIpc) is 3.39. The van der Waals surface area contributed by atoms with Crippen LogP contribution in [-0.2, 0) is 4.79 Å². The number of carbonyl (C=O) groups is 2. The van der Waals surface area contributed by atoms with E-state index in [1.165, 1.54) is 37.5 Å². The first-order chi connectivity index (χ1) is 13.7. The Bertz CT molecular complexity index is 958. The molecule has 7 heteroatoms. The summed E-state index contributed by atoms with van der Waals surface area (Å²) in [5.41, 5.74) is 2.81. The molecule has 3 aromatic rings. The van der Waals surface area contributed by atoms with Crippen LogP contribution in [0.2, 0.25) is 0 Å². The quantitative estimate of drug-likeness (QED) is 0.524. The summed E-state index contributed by atoms with van der Waals surface area (Å²) in [5.74, 6) is 1.45. The third-order valence-corrected chi connectivity index (χ3v) is 6.64. The second-order valence-electron chi connectivity index (χ2n) is 7.38. The van der Waals surface area contributed by atoms with Gasteiger partial charge in [-0.2, -0.15) is 4.37 Å². The Kier molecular flexibility index (Phi) is 5.54. The minimum absolute atomic E-state index is 0.209. The highest BCUT2D eigenvalue weighted by Crippen LogP contribution is 2.36. The molecule has 5 heterocycles. The van der Waals surface area contributed by atoms with Crippen LogP contribution in [0.15, 0.2) is 41.2 Å². The number of carboxylic acid groups (broad SMARTS) is 1. The number of hydrogen-bond donors (Lipinski definition) is 1. The van der Waals surface area contributed by atoms with Crippen molar-refractivity contribution in [1.82, 2.24) is 9.27 Å². The van der Waals surface area contributed by atoms with E-state index in [4.69, 9.17) is 14.3 Å². The topological polar surface area (TPSA) is 83.6 Å². The maximum absolute atomic E-state index is 12.9. The Morgan fingerprint density at radius 1 is 1.29 bits per heavy atom. The van der Waals surface area contributed by atoms with Crippen molar-refractivity contribution in [3.63, 3.8) is 0 Å². The van der Waals surface area contributed by atoms with E-state index in [2.05, 4.69) is 15.3 Å². The molecule has 0 amide bonds. The molecule has 6 rings (SSSR count). The standard InChI is InChI=1S/C20H20N2O2S.CH2O2/c23-18(9-16-11-22-6-3-13(16)4-7-22)20-17-2-1-14(10-19(17)25-21-20)15-5-8-24-12-15;2-1-3/h1-2,5,8,10,12-13,16H,3-4,6-7,9,11H2;1H,(H,2,3)/t16-;/m1./s1. The van der Waals surface area contributed by atoms with Gasteiger partial charge in [-0.15, -0.1) is 0 Å². The molecule has 2 bridgehead atoms. The molecular weight excluding hydrogens is 376 g/mol. The Morgan fingerprint density at radius 2 is 2.07 bits per heavy atom. The largest absolute Gasteiger partial charge is 0.483 e. The zero-order valence-electron chi connectivity index (χ0n) is 15.4. The molecular formula is C21H22N2O4S. The van der Waals surface area contributed by atoms with Crippen molar-refractivity contribution in [1.29, 1.82) is 0 Å². The molecule has 3 fully saturated rings. The lowest BCUT2D eigenvalue weighted by molar-refractivity contribution is -0.122. The number of hydrogen-bond acceptors (Lipinski definition) is 6. The van der Waals surface area contributed by atoms with E-state index >= 15 is 0 Å². The third-order valence-electron chi connectivity index (χ3n) is 5.83. The van der Waals surface area contributed by atoms with E-state index < -0.39 is 0 Å². The first-order valence-corrected chi connectivity index (χ1v) is 10.2. The first kappa shape index (κ1) is 18.8. The number of nitrogens with zero attached hydrogens (tertiary/aromatic N) is 2. The van der Waals surface area contributed by atoms with Gasteiger partial charge in [0.05, 0.1) is 17.2 Å². The van der Waals surface area contributed by atoms with Crippen molar-refractivity contribution in [2.75, 3.05) is 19.6 Å². The maximum atomic E-state index is 12.9. The minimum atomic E-state index is -0.250. The van der Waals surface area contributed by atoms with Crippen LogP contribution < -0.4 is 0 Å². The number of piperidine rings is 3. The second kappa shape index (κ2) is 8.24. The van der Waals surface area contributed by atoms with Crippen molar-refractivity contribution in [3.8, 4) is 11.1 Å². The van der Waals surface area contributed by atoms with Gasteiger partial charge in [-0.3, -0.25) is 9.59 Å². The molecule has 0 spiro atoms. The van der Waals surface area contributed by atoms with Crippen LogP contribution in [0, 0.1) is 11.8 Å². The molecule has 0 unspecified atom stereocenters. The van der Waals surface area contributed by atoms with Crippen LogP contribution >= 0.6 is 11.5 Å². The van der Waals surface area contributed by atoms with Gasteiger partial charge in [0.15, 0.2) is 5.78 Å². The Labute approximate surface area is 166 Å². The molecule has 3 aliphatic rings. The molecule has 2 aromatic heterocycles. The minimum Gasteiger partial charge on any atom is -0.483 e. The molecule has 0 radical (unpaired) electrons. The molecule has 1 N–H and O–H groups in total. The average molecular weight is 398 g/mol. The van der Waals surface area contributed by atoms with Crippen molar-refractivity contribution in [2.24, 2.45) is 11.8 Å². The summed E-state index contributed by atoms with van der Waals surface area (Å²) >= 11 is 1.42. The number of benzene rings is 1. The number of ketones is 1. The van der Waals surface area contributed by atoms with Crippen LogP contribution in [0.1, 0.15) is 29.8 Å². The molecule has 3 saturated heterocycles. The van der Waals surface area contributed by atoms with Crippen molar-refractivity contribution < 1.29 is 19.1 Å². The van der Waals surface area contributed by atoms with Gasteiger partial charge in [-0.1, -0.05) is 12.1 Å². The number of carbonyl (C=O) groups excluding carboxylic acids is 1. The van der Waals surface area contributed by atoms with E-state index in [1.807, 2.05) is 18.2 Å². The zero-order valence-corrected chi connectivity index (χ0v) is 16.2. The van der Waals surface area contributed by atoms with Gasteiger partial charge >= 0.3 is 0 Å². The lowest BCUT2D eigenvalue weighted by atomic mass is 9.76. The van der Waals surface area contributed by atoms with Gasteiger partial charge in [-0.25, -0.2) is 0 Å². The molecule has 3 aliphatic heterocycles. The highest BCUT2D eigenvalue weighted by molar-refractivity contribution is 7.13. The normalized spacial score (nSPS) is 23.2. The molecule has 1 atom stereocenters. The van der Waals surface area contributed by atoms with Crippen LogP contribution in [-0.4, -0.2) is 46.3 Å². The van der Waals surface area contributed by atoms with Crippen molar-refractivity contribution in [2.45, 2.75) is 19.3 Å². The predicted molar refractivity (Wildman–Crippen MR) is 108 cm³/mol. The summed E-state index contributed by atoms with van der Waals surface area (Å²) in [7, 11) is 0. The van der Waals surface area contributed by atoms with Gasteiger partial charge in [-0.05, 0) is 67.0 Å². The summed E-state index contributed by atoms with van der Waals surface area (Å²) in [4.78, 5) is 23.8. The third kappa shape index (κ3) is 3.72. The van der Waals surface area contributed by atoms with E-state index in [0.717, 1.165) is 33.7 Å². The molecule has 0 saturated carbocycles. The maximum Gasteiger partial charge on any atom is 0.290 e. The Morgan fingerprint density at radius 3 is 2.71 bits per heavy atom. The number of Topliss-reactive ketones (excluding diaryl/α,β-unsaturated/α-hetero) is 1. The summed E-state index contributed by atoms with van der Waals surface area (Å²) in [6.45, 7) is 3.26. The molecule has 146 valence electrons. The SMILES string of the molecule is O=C(C[C@@H]1CN2CCC1CC2)c1nsc2cc(-c3ccoc3)ccc12.O=CO. The van der Waals surface area contributed by atoms with Crippen LogP contribution in [0.25, 0.3) is 21.2 Å². The highest BCUT2D eigenvalue weighted by atomic mass is 32.1. The van der Waals surface area contributed by atoms with Gasteiger partial charge in [0.1, 0.15) is 5.69 Å². The first-order valence-electron chi connectivity index (χ1n) is 9.45. The number of aromatic nitrogens is 1. The van der Waals surface area contributed by atoms with Gasteiger partial charge in [0.2, 0.25) is 0 Å². The van der Waals surface area contributed by atoms with E-state index in [9.17, 15) is 4.79 Å². The fourth-order valence-corrected chi connectivity index (χ4v) is 5.23. The number of fused-ring (bicyclic) bond motifs is 4. The Balaban J connectivity index is 0.000000604. The van der Waals surface area contributed by atoms with Crippen molar-refractivity contribution >= 4 is 33.9 Å². The van der Waals surface area contributed by atoms with Crippen LogP contribution in [0.4, 0.5) is 0 Å². The zero-order chi connectivity index (χ0) is 19.5. The van der Waals surface area contributed by atoms with E-state index in [1.54, 1.807) is 12.5 Å². The molecule has 6 nitrogen and oxygen atoms in total. The molecule has 0 aliphatic carbocycles. The van der Waals surface area contributed by atoms with E-state index in [-0.39, 0.29) is 12.3 Å². The van der Waals surface area contributed by atoms with E-state index in [0.29, 0.717) is 18.0 Å². The van der Waals surface area contributed by atoms with Crippen LogP contribution in [0.3, 0.4) is 0 Å². The fraction of sp³-hybridized carbons (Fsp3) is 0.381. The van der Waals surface area contributed by atoms with Gasteiger partial charge < -0.3 is 14.4 Å². The number of furan rings is 1. The summed E-state index contributed by atoms with van der Waals surface area (Å²) in [5, 5.41) is 7.88. The highest BCUT2D eigenvalue weighted by Gasteiger charge is 2.35. The summed E-state index contributed by atoms with van der Waals surface area (Å²) in [6.07, 6.45) is 6.56. The lowest BCUT2D eigenvalue weighted by Gasteiger charge is -2.44. The lowest BCUT2D eigenvalue weighted by Crippen LogP contribution is -2.47. The van der Waals surface area contributed by atoms with Crippen molar-refractivity contribution in [3.05, 3.63) is 42.5 Å². The van der Waals surface area contributed by atoms with Gasteiger partial charge in [0, 0.05) is 23.9 Å². The molecule has 28 heavy (non-hydrogen) atoms. The summed E-state index contributed by atoms with van der Waals surface area (Å²) in [6, 6.07) is 8.13. The predicted octanol–water partition coefficient (Wildman–Crippen LogP) is 4.17. The summed E-state index contributed by atoms with van der Waals surface area (Å²) < 4.78 is 10.7. The fourth-order valence-electron chi connectivity index (χ4n) is 4.40. The van der Waals surface area contributed by atoms with Gasteiger partial charge in [0.25, 0.3) is 6.47 Å². The monoisotopic (exact) mass is 398 g/mol. The Hall–Kier alpha value is -2.51.